The highest BCUT2D eigenvalue weighted by Crippen LogP contribution is 2.04. The van der Waals surface area contributed by atoms with E-state index < -0.39 is 0 Å². The Kier molecular flexibility index (Phi) is 5.31. The van der Waals surface area contributed by atoms with Crippen LogP contribution in [0.1, 0.15) is 6.92 Å². The van der Waals surface area contributed by atoms with Gasteiger partial charge in [-0.3, -0.25) is 0 Å². The summed E-state index contributed by atoms with van der Waals surface area (Å²) in [6.07, 6.45) is -0.319. The molecule has 1 atom stereocenters. The molecule has 0 spiro atoms. The summed E-state index contributed by atoms with van der Waals surface area (Å²) in [7, 11) is 0. The van der Waals surface area contributed by atoms with E-state index in [0.29, 0.717) is 17.5 Å². The van der Waals surface area contributed by atoms with Gasteiger partial charge in [-0.1, -0.05) is 11.6 Å². The van der Waals surface area contributed by atoms with E-state index in [-0.39, 0.29) is 6.10 Å². The first-order valence-corrected chi connectivity index (χ1v) is 5.18. The normalized spacial score (nSPS) is 12.5. The van der Waals surface area contributed by atoms with Crippen molar-refractivity contribution in [2.24, 2.45) is 0 Å². The summed E-state index contributed by atoms with van der Waals surface area (Å²) in [6.45, 7) is 3.82. The highest BCUT2D eigenvalue weighted by atomic mass is 35.5. The Bertz CT molecular complexity index is 278. The van der Waals surface area contributed by atoms with E-state index in [1.165, 1.54) is 0 Å². The lowest BCUT2D eigenvalue weighted by atomic mass is 10.4. The maximum atomic E-state index is 8.98. The van der Waals surface area contributed by atoms with Crippen LogP contribution in [-0.2, 0) is 0 Å². The van der Waals surface area contributed by atoms with Crippen molar-refractivity contribution in [2.75, 3.05) is 25.0 Å². The molecule has 1 aromatic rings. The third-order valence-corrected chi connectivity index (χ3v) is 1.88. The van der Waals surface area contributed by atoms with Gasteiger partial charge in [0.05, 0.1) is 6.10 Å². The number of rotatable bonds is 6. The minimum absolute atomic E-state index is 0.319. The molecule has 3 N–H and O–H groups in total. The SMILES string of the molecule is CC(O)CNCCNc1ccc(Cl)nn1. The molecule has 15 heavy (non-hydrogen) atoms. The highest BCUT2D eigenvalue weighted by molar-refractivity contribution is 6.29. The molecule has 0 radical (unpaired) electrons. The fourth-order valence-corrected chi connectivity index (χ4v) is 1.10. The zero-order chi connectivity index (χ0) is 11.1. The Hall–Kier alpha value is -0.910. The van der Waals surface area contributed by atoms with Crippen molar-refractivity contribution in [3.8, 4) is 0 Å². The predicted molar refractivity (Wildman–Crippen MR) is 60.1 cm³/mol. The molecule has 0 fully saturated rings. The third kappa shape index (κ3) is 5.51. The lowest BCUT2D eigenvalue weighted by Gasteiger charge is -2.07. The molecule has 1 aromatic heterocycles. The van der Waals surface area contributed by atoms with E-state index in [4.69, 9.17) is 16.7 Å². The Morgan fingerprint density at radius 3 is 2.80 bits per heavy atom. The standard InChI is InChI=1S/C9H15ClN4O/c1-7(15)6-11-4-5-12-9-3-2-8(10)13-14-9/h2-3,7,11,15H,4-6H2,1H3,(H,12,14). The molecule has 5 nitrogen and oxygen atoms in total. The van der Waals surface area contributed by atoms with Crippen LogP contribution in [0, 0.1) is 0 Å². The molecule has 1 unspecified atom stereocenters. The molecule has 0 aliphatic heterocycles. The molecule has 0 aliphatic rings. The van der Waals surface area contributed by atoms with Gasteiger partial charge in [0, 0.05) is 19.6 Å². The van der Waals surface area contributed by atoms with Gasteiger partial charge < -0.3 is 15.7 Å². The molecule has 0 bridgehead atoms. The zero-order valence-electron chi connectivity index (χ0n) is 8.57. The van der Waals surface area contributed by atoms with Crippen molar-refractivity contribution in [1.82, 2.24) is 15.5 Å². The van der Waals surface area contributed by atoms with E-state index in [9.17, 15) is 0 Å². The monoisotopic (exact) mass is 230 g/mol. The summed E-state index contributed by atoms with van der Waals surface area (Å²) < 4.78 is 0. The summed E-state index contributed by atoms with van der Waals surface area (Å²) >= 11 is 5.59. The molecule has 1 rings (SSSR count). The van der Waals surface area contributed by atoms with Crippen molar-refractivity contribution >= 4 is 17.4 Å². The van der Waals surface area contributed by atoms with Gasteiger partial charge in [-0.25, -0.2) is 0 Å². The number of aromatic nitrogens is 2. The summed E-state index contributed by atoms with van der Waals surface area (Å²) in [5, 5.41) is 23.1. The van der Waals surface area contributed by atoms with E-state index >= 15 is 0 Å². The van der Waals surface area contributed by atoms with Crippen LogP contribution in [0.4, 0.5) is 5.82 Å². The van der Waals surface area contributed by atoms with Crippen LogP contribution in [0.2, 0.25) is 5.15 Å². The van der Waals surface area contributed by atoms with Crippen LogP contribution in [0.5, 0.6) is 0 Å². The van der Waals surface area contributed by atoms with Crippen LogP contribution in [0.3, 0.4) is 0 Å². The molecular formula is C9H15ClN4O. The molecule has 0 aromatic carbocycles. The average Bonchev–Trinajstić information content (AvgIpc) is 2.20. The maximum Gasteiger partial charge on any atom is 0.151 e. The van der Waals surface area contributed by atoms with E-state index in [0.717, 1.165) is 13.1 Å². The molecule has 1 heterocycles. The first kappa shape index (κ1) is 12.2. The van der Waals surface area contributed by atoms with Crippen molar-refractivity contribution < 1.29 is 5.11 Å². The minimum atomic E-state index is -0.319. The molecule has 0 saturated carbocycles. The van der Waals surface area contributed by atoms with Crippen LogP contribution in [-0.4, -0.2) is 41.0 Å². The first-order chi connectivity index (χ1) is 7.18. The van der Waals surface area contributed by atoms with Crippen molar-refractivity contribution in [1.29, 1.82) is 0 Å². The summed E-state index contributed by atoms with van der Waals surface area (Å²) in [5.74, 6) is 0.693. The van der Waals surface area contributed by atoms with Gasteiger partial charge in [0.25, 0.3) is 0 Å². The third-order valence-electron chi connectivity index (χ3n) is 1.68. The number of nitrogens with one attached hydrogen (secondary N) is 2. The Morgan fingerprint density at radius 2 is 2.20 bits per heavy atom. The summed E-state index contributed by atoms with van der Waals surface area (Å²) in [4.78, 5) is 0. The van der Waals surface area contributed by atoms with Crippen molar-refractivity contribution in [3.05, 3.63) is 17.3 Å². The maximum absolute atomic E-state index is 8.98. The number of aliphatic hydroxyl groups excluding tert-OH is 1. The molecule has 0 aliphatic carbocycles. The van der Waals surface area contributed by atoms with Crippen LogP contribution < -0.4 is 10.6 Å². The van der Waals surface area contributed by atoms with Crippen molar-refractivity contribution in [3.63, 3.8) is 0 Å². The second-order valence-corrected chi connectivity index (χ2v) is 3.61. The number of nitrogens with zero attached hydrogens (tertiary/aromatic N) is 2. The number of aliphatic hydroxyl groups is 1. The van der Waals surface area contributed by atoms with Gasteiger partial charge in [0.15, 0.2) is 5.15 Å². The topological polar surface area (TPSA) is 70.1 Å². The van der Waals surface area contributed by atoms with Crippen LogP contribution in [0.25, 0.3) is 0 Å². The summed E-state index contributed by atoms with van der Waals surface area (Å²) in [6, 6.07) is 3.45. The quantitative estimate of drug-likeness (QED) is 0.622. The number of anilines is 1. The smallest absolute Gasteiger partial charge is 0.151 e. The fraction of sp³-hybridized carbons (Fsp3) is 0.556. The minimum Gasteiger partial charge on any atom is -0.392 e. The van der Waals surface area contributed by atoms with Crippen LogP contribution >= 0.6 is 11.6 Å². The average molecular weight is 231 g/mol. The largest absolute Gasteiger partial charge is 0.392 e. The van der Waals surface area contributed by atoms with E-state index in [1.54, 1.807) is 19.1 Å². The lowest BCUT2D eigenvalue weighted by molar-refractivity contribution is 0.192. The Balaban J connectivity index is 2.12. The Morgan fingerprint density at radius 1 is 1.40 bits per heavy atom. The number of hydrogen-bond donors (Lipinski definition) is 3. The second-order valence-electron chi connectivity index (χ2n) is 3.22. The van der Waals surface area contributed by atoms with Gasteiger partial charge in [-0.2, -0.15) is 0 Å². The van der Waals surface area contributed by atoms with Crippen molar-refractivity contribution in [2.45, 2.75) is 13.0 Å². The van der Waals surface area contributed by atoms with Gasteiger partial charge in [-0.05, 0) is 19.1 Å². The molecule has 0 amide bonds. The molecular weight excluding hydrogens is 216 g/mol. The Labute approximate surface area is 93.9 Å². The van der Waals surface area contributed by atoms with Gasteiger partial charge in [0.2, 0.25) is 0 Å². The highest BCUT2D eigenvalue weighted by Gasteiger charge is 1.95. The fourth-order valence-electron chi connectivity index (χ4n) is 1.00. The molecule has 84 valence electrons. The van der Waals surface area contributed by atoms with E-state index in [1.807, 2.05) is 0 Å². The lowest BCUT2D eigenvalue weighted by Crippen LogP contribution is -2.29. The number of halogens is 1. The molecule has 0 saturated heterocycles. The second kappa shape index (κ2) is 6.55. The number of hydrogen-bond acceptors (Lipinski definition) is 5. The van der Waals surface area contributed by atoms with Gasteiger partial charge in [-0.15, -0.1) is 10.2 Å². The summed E-state index contributed by atoms with van der Waals surface area (Å²) in [5.41, 5.74) is 0. The van der Waals surface area contributed by atoms with E-state index in [2.05, 4.69) is 20.8 Å². The first-order valence-electron chi connectivity index (χ1n) is 4.80. The van der Waals surface area contributed by atoms with Crippen LogP contribution in [0.15, 0.2) is 12.1 Å². The van der Waals surface area contributed by atoms with Gasteiger partial charge >= 0.3 is 0 Å². The predicted octanol–water partition coefficient (Wildman–Crippen LogP) is 0.512. The zero-order valence-corrected chi connectivity index (χ0v) is 9.33. The van der Waals surface area contributed by atoms with Gasteiger partial charge in [0.1, 0.15) is 5.82 Å². The molecule has 6 heteroatoms.